The van der Waals surface area contributed by atoms with Crippen LogP contribution >= 0.6 is 0 Å². The number of halogens is 3. The Morgan fingerprint density at radius 1 is 0.921 bits per heavy atom. The van der Waals surface area contributed by atoms with Crippen LogP contribution in [-0.2, 0) is 0 Å². The van der Waals surface area contributed by atoms with Gasteiger partial charge in [0.2, 0.25) is 0 Å². The molecule has 1 atom stereocenters. The second-order valence-electron chi connectivity index (χ2n) is 10.0. The number of anilines is 4. The Kier molecular flexibility index (Phi) is 6.54. The highest BCUT2D eigenvalue weighted by Crippen LogP contribution is 2.51. The summed E-state index contributed by atoms with van der Waals surface area (Å²) in [6.45, 7) is 5.64. The number of nitrogens with zero attached hydrogens (tertiary/aromatic N) is 5. The number of carbonyl (C=O) groups is 1. The molecule has 2 aliphatic rings. The Balaban J connectivity index is 1.58. The zero-order valence-corrected chi connectivity index (χ0v) is 21.6. The van der Waals surface area contributed by atoms with Crippen LogP contribution in [-0.4, -0.2) is 49.0 Å². The number of rotatable bonds is 5. The van der Waals surface area contributed by atoms with Gasteiger partial charge in [0.1, 0.15) is 23.2 Å². The Bertz CT molecular complexity index is 1450. The lowest BCUT2D eigenvalue weighted by molar-refractivity contribution is 0.102. The maximum absolute atomic E-state index is 15.6. The fourth-order valence-corrected chi connectivity index (χ4v) is 5.63. The zero-order valence-electron chi connectivity index (χ0n) is 21.6. The monoisotopic (exact) mass is 526 g/mol. The lowest BCUT2D eigenvalue weighted by Crippen LogP contribution is -2.43. The number of hydrogen-bond acceptors (Lipinski definition) is 6. The first-order valence-corrected chi connectivity index (χ1v) is 12.5. The van der Waals surface area contributed by atoms with E-state index in [1.807, 2.05) is 23.9 Å². The summed E-state index contributed by atoms with van der Waals surface area (Å²) in [7, 11) is 3.77. The van der Waals surface area contributed by atoms with Gasteiger partial charge in [-0.25, -0.2) is 13.2 Å². The first-order valence-electron chi connectivity index (χ1n) is 12.5. The molecule has 3 aromatic rings. The molecule has 1 aromatic heterocycles. The van der Waals surface area contributed by atoms with Crippen LogP contribution in [0.2, 0.25) is 0 Å². The van der Waals surface area contributed by atoms with E-state index in [0.717, 1.165) is 50.2 Å². The van der Waals surface area contributed by atoms with E-state index in [-0.39, 0.29) is 23.5 Å². The van der Waals surface area contributed by atoms with Gasteiger partial charge in [0.15, 0.2) is 17.5 Å². The molecule has 1 unspecified atom stereocenters. The number of fused-ring (bicyclic) bond motifs is 1. The smallest absolute Gasteiger partial charge is 0.276 e. The van der Waals surface area contributed by atoms with Crippen LogP contribution in [0.15, 0.2) is 41.2 Å². The van der Waals surface area contributed by atoms with Gasteiger partial charge in [0.05, 0.1) is 17.1 Å². The second-order valence-corrected chi connectivity index (χ2v) is 10.0. The summed E-state index contributed by atoms with van der Waals surface area (Å²) >= 11 is 0. The molecular formula is C27H29F3N6O2. The van der Waals surface area contributed by atoms with Crippen LogP contribution in [0.1, 0.15) is 37.2 Å². The first kappa shape index (κ1) is 25.6. The van der Waals surface area contributed by atoms with Gasteiger partial charge in [0, 0.05) is 39.3 Å². The maximum atomic E-state index is 15.6. The van der Waals surface area contributed by atoms with E-state index in [9.17, 15) is 18.4 Å². The van der Waals surface area contributed by atoms with Gasteiger partial charge >= 0.3 is 0 Å². The molecule has 11 heteroatoms. The van der Waals surface area contributed by atoms with Crippen molar-refractivity contribution in [2.75, 3.05) is 47.2 Å². The maximum Gasteiger partial charge on any atom is 0.276 e. The van der Waals surface area contributed by atoms with Crippen molar-refractivity contribution >= 4 is 28.7 Å². The fourth-order valence-electron chi connectivity index (χ4n) is 5.63. The molecule has 0 spiro atoms. The molecular weight excluding hydrogens is 497 g/mol. The Morgan fingerprint density at radius 3 is 2.18 bits per heavy atom. The molecule has 200 valence electrons. The van der Waals surface area contributed by atoms with E-state index in [1.54, 1.807) is 0 Å². The summed E-state index contributed by atoms with van der Waals surface area (Å²) in [6, 6.07) is 6.62. The van der Waals surface area contributed by atoms with Crippen LogP contribution in [0.3, 0.4) is 0 Å². The highest BCUT2D eigenvalue weighted by atomic mass is 19.1. The number of carbonyl (C=O) groups excluding carboxylic acids is 1. The molecule has 38 heavy (non-hydrogen) atoms. The molecule has 3 heterocycles. The number of hydrogen-bond donors (Lipinski definition) is 1. The highest BCUT2D eigenvalue weighted by Gasteiger charge is 2.40. The van der Waals surface area contributed by atoms with E-state index in [1.165, 1.54) is 12.1 Å². The van der Waals surface area contributed by atoms with Gasteiger partial charge in [-0.2, -0.15) is 9.78 Å². The summed E-state index contributed by atoms with van der Waals surface area (Å²) in [5.41, 5.74) is 0.371. The third-order valence-corrected chi connectivity index (χ3v) is 7.15. The number of para-hydroxylation sites is 1. The van der Waals surface area contributed by atoms with Crippen molar-refractivity contribution < 1.29 is 18.0 Å². The summed E-state index contributed by atoms with van der Waals surface area (Å²) in [6.07, 6.45) is 1.86. The molecule has 0 radical (unpaired) electrons. The fraction of sp³-hybridized carbons (Fsp3) is 0.370. The minimum Gasteiger partial charge on any atom is -0.368 e. The van der Waals surface area contributed by atoms with E-state index in [0.29, 0.717) is 21.7 Å². The molecule has 1 fully saturated rings. The molecule has 1 amide bonds. The minimum atomic E-state index is -0.999. The van der Waals surface area contributed by atoms with Crippen molar-refractivity contribution in [1.82, 2.24) is 9.78 Å². The first-order chi connectivity index (χ1) is 18.1. The zero-order chi connectivity index (χ0) is 27.3. The quantitative estimate of drug-likeness (QED) is 0.533. The lowest BCUT2D eigenvalue weighted by Gasteiger charge is -2.32. The van der Waals surface area contributed by atoms with Crippen LogP contribution in [0.25, 0.3) is 5.69 Å². The number of aromatic nitrogens is 2. The third-order valence-electron chi connectivity index (χ3n) is 7.15. The van der Waals surface area contributed by atoms with E-state index in [2.05, 4.69) is 29.2 Å². The second kappa shape index (κ2) is 9.70. The molecule has 1 saturated heterocycles. The van der Waals surface area contributed by atoms with Crippen LogP contribution in [0, 0.1) is 23.4 Å². The lowest BCUT2D eigenvalue weighted by atomic mass is 10.1. The van der Waals surface area contributed by atoms with Gasteiger partial charge in [-0.3, -0.25) is 9.59 Å². The minimum absolute atomic E-state index is 0.0762. The highest BCUT2D eigenvalue weighted by molar-refractivity contribution is 6.07. The van der Waals surface area contributed by atoms with Crippen molar-refractivity contribution in [3.05, 3.63) is 69.9 Å². The molecule has 2 aliphatic heterocycles. The average molecular weight is 527 g/mol. The van der Waals surface area contributed by atoms with Crippen molar-refractivity contribution in [3.63, 3.8) is 0 Å². The standard InChI is InChI=1S/C27H29F3N6O2/c1-15(2)27-33(3)23-18(30)14-20(24(25(23)34(27)4)35-12-5-6-13-35)31-26(38)19-10-11-21(37)36(32-19)22-16(28)8-7-9-17(22)29/h7-11,14-15,27H,5-6,12-13H2,1-4H3,(H,31,38). The summed E-state index contributed by atoms with van der Waals surface area (Å²) in [5, 5.41) is 6.68. The van der Waals surface area contributed by atoms with E-state index >= 15 is 4.39 Å². The molecule has 0 bridgehead atoms. The predicted octanol–water partition coefficient (Wildman–Crippen LogP) is 4.37. The molecule has 2 aromatic carbocycles. The van der Waals surface area contributed by atoms with Crippen molar-refractivity contribution in [1.29, 1.82) is 0 Å². The summed E-state index contributed by atoms with van der Waals surface area (Å²) < 4.78 is 44.8. The molecule has 5 rings (SSSR count). The number of benzene rings is 2. The normalized spacial score (nSPS) is 16.9. The van der Waals surface area contributed by atoms with Crippen molar-refractivity contribution in [3.8, 4) is 5.69 Å². The Morgan fingerprint density at radius 2 is 1.55 bits per heavy atom. The largest absolute Gasteiger partial charge is 0.368 e. The topological polar surface area (TPSA) is 73.7 Å². The molecule has 1 N–H and O–H groups in total. The average Bonchev–Trinajstić information content (AvgIpc) is 3.47. The van der Waals surface area contributed by atoms with Gasteiger partial charge in [-0.15, -0.1) is 0 Å². The molecule has 8 nitrogen and oxygen atoms in total. The Labute approximate surface area is 218 Å². The van der Waals surface area contributed by atoms with Gasteiger partial charge in [-0.05, 0) is 37.0 Å². The van der Waals surface area contributed by atoms with Crippen LogP contribution in [0.5, 0.6) is 0 Å². The summed E-state index contributed by atoms with van der Waals surface area (Å²) in [4.78, 5) is 31.8. The van der Waals surface area contributed by atoms with E-state index in [4.69, 9.17) is 0 Å². The number of nitrogens with one attached hydrogen (secondary N) is 1. The van der Waals surface area contributed by atoms with Crippen molar-refractivity contribution in [2.24, 2.45) is 5.92 Å². The van der Waals surface area contributed by atoms with Crippen LogP contribution in [0.4, 0.5) is 35.9 Å². The van der Waals surface area contributed by atoms with Gasteiger partial charge < -0.3 is 20.0 Å². The van der Waals surface area contributed by atoms with Gasteiger partial charge in [0.25, 0.3) is 11.5 Å². The predicted molar refractivity (Wildman–Crippen MR) is 141 cm³/mol. The Hall–Kier alpha value is -4.02. The third kappa shape index (κ3) is 4.15. The van der Waals surface area contributed by atoms with E-state index < -0.39 is 34.6 Å². The SMILES string of the molecule is CC(C)C1N(C)c2c(F)cc(NC(=O)c3ccc(=O)n(-c4c(F)cccc4F)n3)c(N3CCCC3)c2N1C. The molecule has 0 aliphatic carbocycles. The van der Waals surface area contributed by atoms with Gasteiger partial charge in [-0.1, -0.05) is 19.9 Å². The van der Waals surface area contributed by atoms with Crippen molar-refractivity contribution in [2.45, 2.75) is 32.9 Å². The summed E-state index contributed by atoms with van der Waals surface area (Å²) in [5.74, 6) is -3.03. The number of amides is 1. The molecule has 0 saturated carbocycles. The van der Waals surface area contributed by atoms with Crippen LogP contribution < -0.4 is 25.6 Å².